The molecule has 3 heteroatoms. The Balaban J connectivity index is 2.80. The zero-order chi connectivity index (χ0) is 12.1. The van der Waals surface area contributed by atoms with Crippen molar-refractivity contribution in [3.8, 4) is 0 Å². The van der Waals surface area contributed by atoms with Gasteiger partial charge in [0, 0.05) is 5.56 Å². The molecule has 0 saturated heterocycles. The van der Waals surface area contributed by atoms with E-state index in [0.717, 1.165) is 17.5 Å². The largest absolute Gasteiger partial charge is 0.394 e. The number of amides is 1. The van der Waals surface area contributed by atoms with Crippen LogP contribution in [0, 0.1) is 13.8 Å². The molecular weight excluding hydrogens is 202 g/mol. The van der Waals surface area contributed by atoms with Gasteiger partial charge in [0.2, 0.25) is 0 Å². The molecule has 0 spiro atoms. The number of hydrogen-bond donors (Lipinski definition) is 2. The average molecular weight is 221 g/mol. The van der Waals surface area contributed by atoms with Gasteiger partial charge in [-0.15, -0.1) is 0 Å². The lowest BCUT2D eigenvalue weighted by Gasteiger charge is -2.15. The summed E-state index contributed by atoms with van der Waals surface area (Å²) in [5, 5.41) is 11.8. The van der Waals surface area contributed by atoms with Crippen molar-refractivity contribution in [1.82, 2.24) is 5.32 Å². The molecule has 1 rings (SSSR count). The Bertz CT molecular complexity index is 370. The van der Waals surface area contributed by atoms with Crippen LogP contribution in [-0.4, -0.2) is 23.7 Å². The van der Waals surface area contributed by atoms with E-state index in [1.165, 1.54) is 0 Å². The molecule has 3 nitrogen and oxygen atoms in total. The molecule has 1 aromatic rings. The minimum Gasteiger partial charge on any atom is -0.394 e. The summed E-state index contributed by atoms with van der Waals surface area (Å²) in [5.74, 6) is -0.113. The molecule has 88 valence electrons. The number of aliphatic hydroxyl groups excluding tert-OH is 1. The number of aryl methyl sites for hydroxylation is 2. The third kappa shape index (κ3) is 3.07. The number of carbonyl (C=O) groups is 1. The van der Waals surface area contributed by atoms with Crippen molar-refractivity contribution < 1.29 is 9.90 Å². The number of aliphatic hydroxyl groups is 1. The fraction of sp³-hybridized carbons (Fsp3) is 0.462. The Morgan fingerprint density at radius 1 is 1.44 bits per heavy atom. The third-order valence-corrected chi connectivity index (χ3v) is 2.67. The lowest BCUT2D eigenvalue weighted by Crippen LogP contribution is -2.37. The van der Waals surface area contributed by atoms with Crippen molar-refractivity contribution in [3.05, 3.63) is 34.9 Å². The van der Waals surface area contributed by atoms with E-state index in [1.807, 2.05) is 39.0 Å². The average Bonchev–Trinajstić information content (AvgIpc) is 2.25. The molecule has 1 amide bonds. The Labute approximate surface area is 96.5 Å². The zero-order valence-corrected chi connectivity index (χ0v) is 10.1. The molecule has 2 N–H and O–H groups in total. The molecule has 0 aliphatic carbocycles. The van der Waals surface area contributed by atoms with Crippen molar-refractivity contribution >= 4 is 5.91 Å². The maximum absolute atomic E-state index is 11.9. The number of benzene rings is 1. The number of carbonyl (C=O) groups excluding carboxylic acids is 1. The predicted molar refractivity (Wildman–Crippen MR) is 64.5 cm³/mol. The standard InChI is InChI=1S/C13H19NO2/c1-4-11(8-15)14-13(16)12-6-5-9(2)7-10(12)3/h5-7,11,15H,4,8H2,1-3H3,(H,14,16). The summed E-state index contributed by atoms with van der Waals surface area (Å²) < 4.78 is 0. The molecule has 1 unspecified atom stereocenters. The summed E-state index contributed by atoms with van der Waals surface area (Å²) in [5.41, 5.74) is 2.78. The molecule has 0 radical (unpaired) electrons. The molecule has 16 heavy (non-hydrogen) atoms. The highest BCUT2D eigenvalue weighted by atomic mass is 16.3. The van der Waals surface area contributed by atoms with Crippen LogP contribution >= 0.6 is 0 Å². The number of hydrogen-bond acceptors (Lipinski definition) is 2. The first kappa shape index (κ1) is 12.7. The molecule has 0 aliphatic rings. The Kier molecular flexibility index (Phi) is 4.50. The van der Waals surface area contributed by atoms with E-state index in [0.29, 0.717) is 5.56 Å². The predicted octanol–water partition coefficient (Wildman–Crippen LogP) is 1.80. The molecule has 1 aromatic carbocycles. The van der Waals surface area contributed by atoms with Gasteiger partial charge in [0.15, 0.2) is 0 Å². The topological polar surface area (TPSA) is 49.3 Å². The third-order valence-electron chi connectivity index (χ3n) is 2.67. The van der Waals surface area contributed by atoms with E-state index in [4.69, 9.17) is 5.11 Å². The second-order valence-corrected chi connectivity index (χ2v) is 4.08. The lowest BCUT2D eigenvalue weighted by molar-refractivity contribution is 0.0914. The van der Waals surface area contributed by atoms with Gasteiger partial charge in [0.05, 0.1) is 12.6 Å². The Morgan fingerprint density at radius 2 is 2.12 bits per heavy atom. The van der Waals surface area contributed by atoms with Crippen LogP contribution in [0.3, 0.4) is 0 Å². The molecule has 0 fully saturated rings. The summed E-state index contributed by atoms with van der Waals surface area (Å²) in [6.45, 7) is 5.83. The van der Waals surface area contributed by atoms with Crippen LogP contribution < -0.4 is 5.32 Å². The first-order valence-electron chi connectivity index (χ1n) is 5.57. The molecule has 0 aliphatic heterocycles. The van der Waals surface area contributed by atoms with Crippen molar-refractivity contribution in [3.63, 3.8) is 0 Å². The quantitative estimate of drug-likeness (QED) is 0.814. The van der Waals surface area contributed by atoms with Gasteiger partial charge in [-0.25, -0.2) is 0 Å². The van der Waals surface area contributed by atoms with E-state index in [-0.39, 0.29) is 18.6 Å². The second-order valence-electron chi connectivity index (χ2n) is 4.08. The summed E-state index contributed by atoms with van der Waals surface area (Å²) in [4.78, 5) is 11.9. The van der Waals surface area contributed by atoms with Crippen molar-refractivity contribution in [1.29, 1.82) is 0 Å². The SMILES string of the molecule is CCC(CO)NC(=O)c1ccc(C)cc1C. The van der Waals surface area contributed by atoms with E-state index in [9.17, 15) is 4.79 Å². The van der Waals surface area contributed by atoms with Crippen LogP contribution in [0.15, 0.2) is 18.2 Å². The van der Waals surface area contributed by atoms with Gasteiger partial charge < -0.3 is 10.4 Å². The summed E-state index contributed by atoms with van der Waals surface area (Å²) in [7, 11) is 0. The molecule has 0 heterocycles. The fourth-order valence-electron chi connectivity index (χ4n) is 1.61. The lowest BCUT2D eigenvalue weighted by atomic mass is 10.0. The first-order chi connectivity index (χ1) is 7.58. The first-order valence-corrected chi connectivity index (χ1v) is 5.57. The molecule has 0 saturated carbocycles. The molecule has 0 bridgehead atoms. The van der Waals surface area contributed by atoms with Crippen LogP contribution in [-0.2, 0) is 0 Å². The van der Waals surface area contributed by atoms with Gasteiger partial charge in [-0.2, -0.15) is 0 Å². The Morgan fingerprint density at radius 3 is 2.62 bits per heavy atom. The van der Waals surface area contributed by atoms with Gasteiger partial charge in [-0.05, 0) is 31.9 Å². The van der Waals surface area contributed by atoms with Gasteiger partial charge in [0.1, 0.15) is 0 Å². The second kappa shape index (κ2) is 5.66. The van der Waals surface area contributed by atoms with Crippen molar-refractivity contribution in [2.24, 2.45) is 0 Å². The van der Waals surface area contributed by atoms with Crippen LogP contribution in [0.4, 0.5) is 0 Å². The number of rotatable bonds is 4. The molecule has 0 aromatic heterocycles. The highest BCUT2D eigenvalue weighted by Gasteiger charge is 2.12. The van der Waals surface area contributed by atoms with E-state index in [1.54, 1.807) is 0 Å². The van der Waals surface area contributed by atoms with Crippen LogP contribution in [0.1, 0.15) is 34.8 Å². The highest BCUT2D eigenvalue weighted by Crippen LogP contribution is 2.10. The van der Waals surface area contributed by atoms with Gasteiger partial charge >= 0.3 is 0 Å². The van der Waals surface area contributed by atoms with Crippen LogP contribution in [0.25, 0.3) is 0 Å². The maximum atomic E-state index is 11.9. The monoisotopic (exact) mass is 221 g/mol. The number of nitrogens with one attached hydrogen (secondary N) is 1. The van der Waals surface area contributed by atoms with E-state index < -0.39 is 0 Å². The van der Waals surface area contributed by atoms with Crippen LogP contribution in [0.2, 0.25) is 0 Å². The van der Waals surface area contributed by atoms with Crippen molar-refractivity contribution in [2.45, 2.75) is 33.2 Å². The minimum atomic E-state index is -0.159. The van der Waals surface area contributed by atoms with Gasteiger partial charge in [-0.3, -0.25) is 4.79 Å². The smallest absolute Gasteiger partial charge is 0.251 e. The normalized spacial score (nSPS) is 12.2. The summed E-state index contributed by atoms with van der Waals surface area (Å²) in [6.07, 6.45) is 0.729. The molecule has 1 atom stereocenters. The van der Waals surface area contributed by atoms with Gasteiger partial charge in [-0.1, -0.05) is 24.6 Å². The van der Waals surface area contributed by atoms with E-state index in [2.05, 4.69) is 5.32 Å². The summed E-state index contributed by atoms with van der Waals surface area (Å²) >= 11 is 0. The van der Waals surface area contributed by atoms with Crippen molar-refractivity contribution in [2.75, 3.05) is 6.61 Å². The minimum absolute atomic E-state index is 0.0207. The zero-order valence-electron chi connectivity index (χ0n) is 10.1. The highest BCUT2D eigenvalue weighted by molar-refractivity contribution is 5.95. The van der Waals surface area contributed by atoms with Gasteiger partial charge in [0.25, 0.3) is 5.91 Å². The van der Waals surface area contributed by atoms with Crippen LogP contribution in [0.5, 0.6) is 0 Å². The summed E-state index contributed by atoms with van der Waals surface area (Å²) in [6, 6.07) is 5.56. The molecular formula is C13H19NO2. The maximum Gasteiger partial charge on any atom is 0.251 e. The Hall–Kier alpha value is -1.35. The van der Waals surface area contributed by atoms with E-state index >= 15 is 0 Å². The fourth-order valence-corrected chi connectivity index (χ4v) is 1.61.